The molecule has 1 N–H and O–H groups in total. The molecule has 0 bridgehead atoms. The van der Waals surface area contributed by atoms with Gasteiger partial charge in [0, 0.05) is 37.3 Å². The van der Waals surface area contributed by atoms with Crippen molar-refractivity contribution in [2.75, 3.05) is 32.8 Å². The largest absolute Gasteiger partial charge is 0.478 e. The van der Waals surface area contributed by atoms with E-state index in [0.717, 1.165) is 0 Å². The van der Waals surface area contributed by atoms with Crippen LogP contribution in [-0.2, 0) is 14.3 Å². The number of ether oxygens (including phenoxy) is 1. The summed E-state index contributed by atoms with van der Waals surface area (Å²) in [5, 5.41) is 8.88. The summed E-state index contributed by atoms with van der Waals surface area (Å²) in [5.41, 5.74) is 0.268. The number of nitrogens with zero attached hydrogens (tertiary/aromatic N) is 2. The molecule has 20 heavy (non-hydrogen) atoms. The van der Waals surface area contributed by atoms with Crippen LogP contribution in [0.3, 0.4) is 0 Å². The lowest BCUT2D eigenvalue weighted by molar-refractivity contribution is -0.134. The van der Waals surface area contributed by atoms with Crippen molar-refractivity contribution in [1.29, 1.82) is 0 Å². The molecule has 1 rings (SSSR count). The molecule has 0 spiro atoms. The van der Waals surface area contributed by atoms with Crippen molar-refractivity contribution in [3.8, 4) is 0 Å². The van der Waals surface area contributed by atoms with E-state index in [-0.39, 0.29) is 23.1 Å². The molecule has 2 amide bonds. The number of rotatable bonds is 3. The molecule has 0 radical (unpaired) electrons. The van der Waals surface area contributed by atoms with Crippen molar-refractivity contribution in [2.24, 2.45) is 0 Å². The molecule has 0 saturated carbocycles. The highest BCUT2D eigenvalue weighted by Crippen LogP contribution is 2.11. The minimum absolute atomic E-state index is 0.0443. The zero-order valence-corrected chi connectivity index (χ0v) is 12.0. The van der Waals surface area contributed by atoms with Gasteiger partial charge in [0.05, 0.1) is 6.61 Å². The van der Waals surface area contributed by atoms with Crippen LogP contribution in [0.25, 0.3) is 0 Å². The van der Waals surface area contributed by atoms with Gasteiger partial charge >= 0.3 is 12.1 Å². The van der Waals surface area contributed by atoms with E-state index in [1.165, 1.54) is 18.7 Å². The number of hydrogen-bond acceptors (Lipinski definition) is 4. The molecule has 0 aliphatic carbocycles. The predicted octanol–water partition coefficient (Wildman–Crippen LogP) is 0.708. The molecule has 1 saturated heterocycles. The summed E-state index contributed by atoms with van der Waals surface area (Å²) in [6, 6.07) is 0. The highest BCUT2D eigenvalue weighted by molar-refractivity contribution is 6.01. The molecule has 7 nitrogen and oxygen atoms in total. The van der Waals surface area contributed by atoms with Gasteiger partial charge in [-0.2, -0.15) is 0 Å². The van der Waals surface area contributed by atoms with Gasteiger partial charge in [0.1, 0.15) is 0 Å². The number of hydrogen-bond donors (Lipinski definition) is 1. The van der Waals surface area contributed by atoms with Crippen molar-refractivity contribution in [1.82, 2.24) is 9.80 Å². The van der Waals surface area contributed by atoms with Crippen LogP contribution in [0.1, 0.15) is 20.8 Å². The average molecular weight is 284 g/mol. The first-order valence-corrected chi connectivity index (χ1v) is 6.50. The third kappa shape index (κ3) is 3.72. The van der Waals surface area contributed by atoms with E-state index in [1.54, 1.807) is 11.8 Å². The van der Waals surface area contributed by atoms with Crippen molar-refractivity contribution < 1.29 is 24.2 Å². The fourth-order valence-corrected chi connectivity index (χ4v) is 1.86. The number of piperazine rings is 1. The lowest BCUT2D eigenvalue weighted by Crippen LogP contribution is -2.51. The van der Waals surface area contributed by atoms with E-state index in [9.17, 15) is 14.4 Å². The third-order valence-electron chi connectivity index (χ3n) is 3.30. The average Bonchev–Trinajstić information content (AvgIpc) is 2.45. The number of aliphatic carboxylic acids is 1. The zero-order valence-electron chi connectivity index (χ0n) is 12.0. The van der Waals surface area contributed by atoms with Crippen LogP contribution < -0.4 is 0 Å². The first-order valence-electron chi connectivity index (χ1n) is 6.50. The Labute approximate surface area is 117 Å². The van der Waals surface area contributed by atoms with Crippen LogP contribution in [0, 0.1) is 0 Å². The van der Waals surface area contributed by atoms with Gasteiger partial charge in [-0.1, -0.05) is 0 Å². The van der Waals surface area contributed by atoms with Crippen LogP contribution in [0.4, 0.5) is 4.79 Å². The topological polar surface area (TPSA) is 87.2 Å². The maximum absolute atomic E-state index is 12.1. The molecule has 0 aromatic rings. The Morgan fingerprint density at radius 1 is 1.00 bits per heavy atom. The van der Waals surface area contributed by atoms with Gasteiger partial charge in [0.2, 0.25) is 5.91 Å². The van der Waals surface area contributed by atoms with Gasteiger partial charge < -0.3 is 19.6 Å². The van der Waals surface area contributed by atoms with Crippen molar-refractivity contribution in [3.63, 3.8) is 0 Å². The van der Waals surface area contributed by atoms with E-state index in [1.807, 2.05) is 0 Å². The molecule has 0 aromatic heterocycles. The second-order valence-electron chi connectivity index (χ2n) is 4.53. The summed E-state index contributed by atoms with van der Waals surface area (Å²) in [4.78, 5) is 37.6. The van der Waals surface area contributed by atoms with Crippen molar-refractivity contribution in [2.45, 2.75) is 20.8 Å². The quantitative estimate of drug-likeness (QED) is 0.771. The maximum atomic E-state index is 12.1. The standard InChI is InChI=1S/C13H20N2O5/c1-4-20-13(19)15-7-5-14(6-8-15)11(16)9(2)10(3)12(17)18/h4-8H2,1-3H3,(H,17,18)/b10-9-. The Hall–Kier alpha value is -2.05. The number of carbonyl (C=O) groups is 3. The molecule has 0 atom stereocenters. The van der Waals surface area contributed by atoms with Gasteiger partial charge in [0.15, 0.2) is 0 Å². The van der Waals surface area contributed by atoms with Crippen LogP contribution in [-0.4, -0.2) is 65.7 Å². The number of amides is 2. The highest BCUT2D eigenvalue weighted by atomic mass is 16.6. The molecule has 1 aliphatic heterocycles. The van der Waals surface area contributed by atoms with Crippen LogP contribution >= 0.6 is 0 Å². The Balaban J connectivity index is 2.62. The molecule has 0 unspecified atom stereocenters. The molecule has 1 aliphatic rings. The molecular formula is C13H20N2O5. The van der Waals surface area contributed by atoms with Gasteiger partial charge in [-0.05, 0) is 20.8 Å². The van der Waals surface area contributed by atoms with Gasteiger partial charge in [-0.15, -0.1) is 0 Å². The Morgan fingerprint density at radius 3 is 1.95 bits per heavy atom. The molecular weight excluding hydrogens is 264 g/mol. The molecule has 112 valence electrons. The van der Waals surface area contributed by atoms with E-state index >= 15 is 0 Å². The van der Waals surface area contributed by atoms with Crippen LogP contribution in [0.2, 0.25) is 0 Å². The Bertz CT molecular complexity index is 436. The van der Waals surface area contributed by atoms with Gasteiger partial charge in [0.25, 0.3) is 0 Å². The second kappa shape index (κ2) is 6.93. The molecule has 1 heterocycles. The first kappa shape index (κ1) is 16.0. The zero-order chi connectivity index (χ0) is 15.3. The predicted molar refractivity (Wildman–Crippen MR) is 71.2 cm³/mol. The summed E-state index contributed by atoms with van der Waals surface area (Å²) in [6.45, 7) is 6.50. The SMILES string of the molecule is CCOC(=O)N1CCN(C(=O)/C(C)=C(/C)C(=O)O)CC1. The highest BCUT2D eigenvalue weighted by Gasteiger charge is 2.26. The van der Waals surface area contributed by atoms with Crippen molar-refractivity contribution in [3.05, 3.63) is 11.1 Å². The molecule has 0 aromatic carbocycles. The van der Waals surface area contributed by atoms with Crippen LogP contribution in [0.15, 0.2) is 11.1 Å². The summed E-state index contributed by atoms with van der Waals surface area (Å²) in [6.07, 6.45) is -0.381. The normalized spacial score (nSPS) is 16.6. The smallest absolute Gasteiger partial charge is 0.409 e. The van der Waals surface area contributed by atoms with E-state index < -0.39 is 5.97 Å². The molecule has 7 heteroatoms. The minimum Gasteiger partial charge on any atom is -0.478 e. The number of carbonyl (C=O) groups excluding carboxylic acids is 2. The fraction of sp³-hybridized carbons (Fsp3) is 0.615. The summed E-state index contributed by atoms with van der Waals surface area (Å²) < 4.78 is 4.89. The van der Waals surface area contributed by atoms with E-state index in [0.29, 0.717) is 32.8 Å². The second-order valence-corrected chi connectivity index (χ2v) is 4.53. The maximum Gasteiger partial charge on any atom is 0.409 e. The fourth-order valence-electron chi connectivity index (χ4n) is 1.86. The van der Waals surface area contributed by atoms with Crippen molar-refractivity contribution >= 4 is 18.0 Å². The van der Waals surface area contributed by atoms with Gasteiger partial charge in [-0.25, -0.2) is 9.59 Å². The lowest BCUT2D eigenvalue weighted by atomic mass is 10.1. The summed E-state index contributed by atoms with van der Waals surface area (Å²) in [5.74, 6) is -1.39. The van der Waals surface area contributed by atoms with E-state index in [2.05, 4.69) is 0 Å². The van der Waals surface area contributed by atoms with E-state index in [4.69, 9.17) is 9.84 Å². The summed E-state index contributed by atoms with van der Waals surface area (Å²) in [7, 11) is 0. The Kier molecular flexibility index (Phi) is 5.54. The number of carboxylic acid groups (broad SMARTS) is 1. The first-order chi connectivity index (χ1) is 9.38. The van der Waals surface area contributed by atoms with Gasteiger partial charge in [-0.3, -0.25) is 4.79 Å². The summed E-state index contributed by atoms with van der Waals surface area (Å²) >= 11 is 0. The third-order valence-corrected chi connectivity index (χ3v) is 3.30. The minimum atomic E-state index is -1.10. The lowest BCUT2D eigenvalue weighted by Gasteiger charge is -2.34. The Morgan fingerprint density at radius 2 is 1.50 bits per heavy atom. The monoisotopic (exact) mass is 284 g/mol. The van der Waals surface area contributed by atoms with Crippen LogP contribution in [0.5, 0.6) is 0 Å². The molecule has 1 fully saturated rings. The number of carboxylic acids is 1.